The Hall–Kier alpha value is -3.08. The van der Waals surface area contributed by atoms with Gasteiger partial charge in [0.1, 0.15) is 18.3 Å². The number of amides is 2. The fourth-order valence-corrected chi connectivity index (χ4v) is 5.92. The zero-order chi connectivity index (χ0) is 28.6. The van der Waals surface area contributed by atoms with E-state index in [4.69, 9.17) is 16.3 Å². The summed E-state index contributed by atoms with van der Waals surface area (Å²) in [6.07, 6.45) is 0. The average Bonchev–Trinajstić information content (AvgIpc) is 2.91. The molecule has 0 bridgehead atoms. The van der Waals surface area contributed by atoms with Gasteiger partial charge in [0.25, 0.3) is 10.0 Å². The van der Waals surface area contributed by atoms with E-state index in [-0.39, 0.29) is 23.0 Å². The molecule has 0 saturated heterocycles. The van der Waals surface area contributed by atoms with E-state index in [1.54, 1.807) is 45.0 Å². The Morgan fingerprint density at radius 3 is 2.36 bits per heavy atom. The number of anilines is 1. The number of sulfonamides is 1. The Labute approximate surface area is 243 Å². The number of hydrogen-bond donors (Lipinski definition) is 1. The summed E-state index contributed by atoms with van der Waals surface area (Å²) < 4.78 is 35.4. The van der Waals surface area contributed by atoms with Crippen molar-refractivity contribution in [3.8, 4) is 5.75 Å². The molecule has 0 fully saturated rings. The number of likely N-dealkylation sites (N-methyl/N-ethyl adjacent to an activating group) is 1. The van der Waals surface area contributed by atoms with Crippen LogP contribution in [0.3, 0.4) is 0 Å². The van der Waals surface area contributed by atoms with Crippen molar-refractivity contribution in [2.75, 3.05) is 24.0 Å². The van der Waals surface area contributed by atoms with Crippen molar-refractivity contribution in [1.82, 2.24) is 10.2 Å². The summed E-state index contributed by atoms with van der Waals surface area (Å²) in [6.45, 7) is 5.41. The molecule has 3 aromatic rings. The number of carbonyl (C=O) groups excluding carboxylic acids is 2. The lowest BCUT2D eigenvalue weighted by molar-refractivity contribution is -0.139. The zero-order valence-corrected chi connectivity index (χ0v) is 25.1. The summed E-state index contributed by atoms with van der Waals surface area (Å²) in [5, 5.41) is 3.12. The van der Waals surface area contributed by atoms with E-state index in [2.05, 4.69) is 21.2 Å². The molecule has 208 valence electrons. The monoisotopic (exact) mass is 635 g/mol. The predicted octanol–water partition coefficient (Wildman–Crippen LogP) is 5.25. The number of nitrogens with one attached hydrogen (secondary N) is 1. The highest BCUT2D eigenvalue weighted by Gasteiger charge is 2.33. The Kier molecular flexibility index (Phi) is 10.8. The van der Waals surface area contributed by atoms with Gasteiger partial charge >= 0.3 is 0 Å². The second-order valence-corrected chi connectivity index (χ2v) is 11.8. The molecule has 0 aliphatic heterocycles. The van der Waals surface area contributed by atoms with Crippen molar-refractivity contribution in [3.05, 3.63) is 87.9 Å². The van der Waals surface area contributed by atoms with Gasteiger partial charge in [0.2, 0.25) is 11.8 Å². The van der Waals surface area contributed by atoms with Gasteiger partial charge in [-0.15, -0.1) is 0 Å². The minimum atomic E-state index is -4.24. The maximum atomic E-state index is 13.9. The number of halogens is 2. The van der Waals surface area contributed by atoms with Crippen molar-refractivity contribution in [3.63, 3.8) is 0 Å². The van der Waals surface area contributed by atoms with Gasteiger partial charge in [0.15, 0.2) is 0 Å². The van der Waals surface area contributed by atoms with Gasteiger partial charge in [0, 0.05) is 22.6 Å². The summed E-state index contributed by atoms with van der Waals surface area (Å²) in [5.41, 5.74) is 0.978. The van der Waals surface area contributed by atoms with Crippen LogP contribution in [0.1, 0.15) is 26.3 Å². The minimum Gasteiger partial charge on any atom is -0.492 e. The molecule has 3 aromatic carbocycles. The molecule has 1 atom stereocenters. The lowest BCUT2D eigenvalue weighted by atomic mass is 10.1. The van der Waals surface area contributed by atoms with Crippen LogP contribution in [0, 0.1) is 0 Å². The van der Waals surface area contributed by atoms with Crippen molar-refractivity contribution >= 4 is 55.1 Å². The highest BCUT2D eigenvalue weighted by molar-refractivity contribution is 9.10. The normalized spacial score (nSPS) is 11.9. The SMILES string of the molecule is CCNC(=O)[C@H](C)N(Cc1cccc(Br)c1)C(=O)CN(c1ccccc1OCC)S(=O)(=O)c1ccc(Cl)cc1. The van der Waals surface area contributed by atoms with E-state index in [0.29, 0.717) is 23.9 Å². The molecule has 2 amide bonds. The molecule has 39 heavy (non-hydrogen) atoms. The van der Waals surface area contributed by atoms with Crippen LogP contribution in [0.15, 0.2) is 82.2 Å². The van der Waals surface area contributed by atoms with Crippen LogP contribution in [0.4, 0.5) is 5.69 Å². The number of para-hydroxylation sites is 2. The summed E-state index contributed by atoms with van der Waals surface area (Å²) in [5.74, 6) is -0.596. The smallest absolute Gasteiger partial charge is 0.264 e. The van der Waals surface area contributed by atoms with Crippen LogP contribution in [0.25, 0.3) is 0 Å². The molecule has 8 nitrogen and oxygen atoms in total. The highest BCUT2D eigenvalue weighted by Crippen LogP contribution is 2.33. The van der Waals surface area contributed by atoms with Crippen molar-refractivity contribution in [2.45, 2.75) is 38.3 Å². The lowest BCUT2D eigenvalue weighted by Gasteiger charge is -2.32. The predicted molar refractivity (Wildman–Crippen MR) is 156 cm³/mol. The number of ether oxygens (including phenoxy) is 1. The number of rotatable bonds is 12. The fraction of sp³-hybridized carbons (Fsp3) is 0.286. The van der Waals surface area contributed by atoms with E-state index in [1.807, 2.05) is 24.3 Å². The van der Waals surface area contributed by atoms with Crippen LogP contribution in [-0.4, -0.2) is 50.9 Å². The molecule has 1 N–H and O–H groups in total. The second-order valence-electron chi connectivity index (χ2n) is 8.59. The van der Waals surface area contributed by atoms with Crippen LogP contribution in [-0.2, 0) is 26.2 Å². The first-order chi connectivity index (χ1) is 18.6. The summed E-state index contributed by atoms with van der Waals surface area (Å²) >= 11 is 9.44. The molecular formula is C28H31BrClN3O5S. The first-order valence-corrected chi connectivity index (χ1v) is 15.0. The second kappa shape index (κ2) is 13.8. The van der Waals surface area contributed by atoms with E-state index < -0.39 is 28.5 Å². The van der Waals surface area contributed by atoms with E-state index in [9.17, 15) is 18.0 Å². The van der Waals surface area contributed by atoms with Gasteiger partial charge < -0.3 is 15.0 Å². The Morgan fingerprint density at radius 2 is 1.72 bits per heavy atom. The van der Waals surface area contributed by atoms with Gasteiger partial charge in [0.05, 0.1) is 17.2 Å². The molecule has 0 aliphatic carbocycles. The quantitative estimate of drug-likeness (QED) is 0.293. The molecule has 0 aromatic heterocycles. The summed E-state index contributed by atoms with van der Waals surface area (Å²) in [6, 6.07) is 18.8. The van der Waals surface area contributed by atoms with Crippen LogP contribution in [0.5, 0.6) is 5.75 Å². The molecule has 0 heterocycles. The third-order valence-corrected chi connectivity index (χ3v) is 8.39. The molecule has 0 radical (unpaired) electrons. The average molecular weight is 637 g/mol. The molecule has 0 unspecified atom stereocenters. The van der Waals surface area contributed by atoms with Gasteiger partial charge in [-0.2, -0.15) is 0 Å². The van der Waals surface area contributed by atoms with Gasteiger partial charge in [-0.05, 0) is 74.9 Å². The molecule has 0 saturated carbocycles. The van der Waals surface area contributed by atoms with Crippen molar-refractivity contribution < 1.29 is 22.7 Å². The molecular weight excluding hydrogens is 606 g/mol. The van der Waals surface area contributed by atoms with Gasteiger partial charge in [-0.1, -0.05) is 51.8 Å². The van der Waals surface area contributed by atoms with E-state index in [0.717, 1.165) is 14.3 Å². The third kappa shape index (κ3) is 7.74. The molecule has 0 spiro atoms. The fourth-order valence-electron chi connectivity index (χ4n) is 3.92. The maximum Gasteiger partial charge on any atom is 0.264 e. The minimum absolute atomic E-state index is 0.0404. The Balaban J connectivity index is 2.08. The van der Waals surface area contributed by atoms with Crippen molar-refractivity contribution in [2.24, 2.45) is 0 Å². The van der Waals surface area contributed by atoms with Crippen LogP contribution < -0.4 is 14.4 Å². The Morgan fingerprint density at radius 1 is 1.03 bits per heavy atom. The number of nitrogens with zero attached hydrogens (tertiary/aromatic N) is 2. The van der Waals surface area contributed by atoms with E-state index >= 15 is 0 Å². The number of benzene rings is 3. The zero-order valence-electron chi connectivity index (χ0n) is 21.9. The topological polar surface area (TPSA) is 96.0 Å². The van der Waals surface area contributed by atoms with Gasteiger partial charge in [-0.25, -0.2) is 8.42 Å². The largest absolute Gasteiger partial charge is 0.492 e. The molecule has 0 aliphatic rings. The molecule has 11 heteroatoms. The van der Waals surface area contributed by atoms with E-state index in [1.165, 1.54) is 29.2 Å². The lowest BCUT2D eigenvalue weighted by Crippen LogP contribution is -2.51. The number of carbonyl (C=O) groups is 2. The Bertz CT molecular complexity index is 1400. The first kappa shape index (κ1) is 30.5. The first-order valence-electron chi connectivity index (χ1n) is 12.4. The van der Waals surface area contributed by atoms with Crippen molar-refractivity contribution in [1.29, 1.82) is 0 Å². The van der Waals surface area contributed by atoms with Crippen LogP contribution in [0.2, 0.25) is 5.02 Å². The van der Waals surface area contributed by atoms with Crippen LogP contribution >= 0.6 is 27.5 Å². The molecule has 3 rings (SSSR count). The summed E-state index contributed by atoms with van der Waals surface area (Å²) in [4.78, 5) is 28.1. The summed E-state index contributed by atoms with van der Waals surface area (Å²) in [7, 11) is -4.24. The third-order valence-electron chi connectivity index (χ3n) is 5.87. The van der Waals surface area contributed by atoms with Gasteiger partial charge in [-0.3, -0.25) is 13.9 Å². The highest BCUT2D eigenvalue weighted by atomic mass is 79.9. The standard InChI is InChI=1S/C28H31BrClN3O5S/c1-4-31-28(35)20(3)32(18-21-9-8-10-22(29)17-21)27(34)19-33(25-11-6-7-12-26(25)38-5-2)39(36,37)24-15-13-23(30)14-16-24/h6-17,20H,4-5,18-19H2,1-3H3,(H,31,35)/t20-/m0/s1. The number of hydrogen-bond acceptors (Lipinski definition) is 5. The maximum absolute atomic E-state index is 13.9.